The van der Waals surface area contributed by atoms with Crippen molar-refractivity contribution in [2.45, 2.75) is 0 Å². The number of aliphatic imine (C=N–C) groups is 1. The van der Waals surface area contributed by atoms with Gasteiger partial charge in [-0.3, -0.25) is 0 Å². The third-order valence-corrected chi connectivity index (χ3v) is 3.65. The van der Waals surface area contributed by atoms with Gasteiger partial charge >= 0.3 is 0 Å². The molecule has 118 valence electrons. The number of para-hydroxylation sites is 1. The zero-order valence-electron chi connectivity index (χ0n) is 21.9. The molecule has 0 unspecified atom stereocenters. The third kappa shape index (κ3) is 2.80. The van der Waals surface area contributed by atoms with Gasteiger partial charge in [-0.1, -0.05) is 23.7 Å². The average molecular weight is 337 g/mol. The van der Waals surface area contributed by atoms with E-state index in [9.17, 15) is 0 Å². The molecule has 2 aliphatic rings. The van der Waals surface area contributed by atoms with Crippen molar-refractivity contribution >= 4 is 34.5 Å². The molecule has 2 aromatic carbocycles. The average Bonchev–Trinajstić information content (AvgIpc) is 2.86. The largest absolute Gasteiger partial charge is 0.353 e. The number of likely N-dealkylation sites (N-methyl/N-ethyl adjacent to an activating group) is 1. The van der Waals surface area contributed by atoms with E-state index in [4.69, 9.17) is 25.3 Å². The van der Waals surface area contributed by atoms with Crippen molar-refractivity contribution in [1.29, 1.82) is 0 Å². The molecule has 0 atom stereocenters. The maximum Gasteiger partial charge on any atom is 0.138 e. The monoisotopic (exact) mass is 336 g/mol. The van der Waals surface area contributed by atoms with Gasteiger partial charge in [0.05, 0.1) is 21.0 Å². The van der Waals surface area contributed by atoms with Gasteiger partial charge < -0.3 is 15.1 Å². The van der Waals surface area contributed by atoms with Crippen LogP contribution >= 0.6 is 11.6 Å². The highest BCUT2D eigenvalue weighted by atomic mass is 35.5. The zero-order valence-corrected chi connectivity index (χ0v) is 12.7. The van der Waals surface area contributed by atoms with Gasteiger partial charge in [0.1, 0.15) is 5.84 Å². The van der Waals surface area contributed by atoms with Crippen LogP contribution < -0.4 is 5.32 Å². The maximum atomic E-state index is 8.57. The minimum atomic E-state index is -2.70. The van der Waals surface area contributed by atoms with Crippen molar-refractivity contribution in [3.63, 3.8) is 0 Å². The first-order valence-electron chi connectivity index (χ1n) is 11.9. The Hall–Kier alpha value is -2.04. The molecule has 2 aromatic rings. The van der Waals surface area contributed by atoms with E-state index in [2.05, 4.69) is 10.3 Å². The summed E-state index contributed by atoms with van der Waals surface area (Å²) in [5.74, 6) is -0.182. The van der Waals surface area contributed by atoms with Gasteiger partial charge in [-0.15, -0.1) is 0 Å². The van der Waals surface area contributed by atoms with Crippen LogP contribution in [0.4, 0.5) is 17.1 Å². The number of anilines is 2. The van der Waals surface area contributed by atoms with Gasteiger partial charge in [0.25, 0.3) is 0 Å². The lowest BCUT2D eigenvalue weighted by atomic mass is 10.1. The Labute approximate surface area is 155 Å². The molecule has 0 radical (unpaired) electrons. The predicted molar refractivity (Wildman–Crippen MR) is 96.4 cm³/mol. The van der Waals surface area contributed by atoms with E-state index >= 15 is 0 Å². The third-order valence-electron chi connectivity index (χ3n) is 3.46. The number of hydrogen-bond donors (Lipinski definition) is 1. The first-order valence-corrected chi connectivity index (χ1v) is 7.33. The lowest BCUT2D eigenvalue weighted by Gasteiger charge is -2.34. The second kappa shape index (κ2) is 5.87. The summed E-state index contributed by atoms with van der Waals surface area (Å²) in [5, 5.41) is 2.65. The van der Waals surface area contributed by atoms with Crippen LogP contribution in [0.3, 0.4) is 0 Å². The van der Waals surface area contributed by atoms with Gasteiger partial charge in [0.15, 0.2) is 0 Å². The smallest absolute Gasteiger partial charge is 0.138 e. The maximum absolute atomic E-state index is 8.57. The number of hydrogen-bond acceptors (Lipinski definition) is 4. The topological polar surface area (TPSA) is 30.9 Å². The molecular formula is C18H19ClN4. The summed E-state index contributed by atoms with van der Waals surface area (Å²) >= 11 is 6.08. The molecule has 0 spiro atoms. The molecule has 2 heterocycles. The van der Waals surface area contributed by atoms with Gasteiger partial charge in [0.2, 0.25) is 0 Å². The summed E-state index contributed by atoms with van der Waals surface area (Å²) in [5.41, 5.74) is 0.510. The van der Waals surface area contributed by atoms with Crippen molar-refractivity contribution in [3.05, 3.63) is 53.0 Å². The van der Waals surface area contributed by atoms with Crippen LogP contribution in [0, 0.1) is 0 Å². The van der Waals surface area contributed by atoms with Crippen LogP contribution in [0.2, 0.25) is 5.02 Å². The van der Waals surface area contributed by atoms with E-state index < -0.39 is 33.1 Å². The van der Waals surface area contributed by atoms with E-state index in [0.717, 1.165) is 9.80 Å². The van der Waals surface area contributed by atoms with Crippen LogP contribution in [-0.4, -0.2) is 48.7 Å². The second-order valence-electron chi connectivity index (χ2n) is 5.03. The fourth-order valence-electron chi connectivity index (χ4n) is 2.38. The van der Waals surface area contributed by atoms with E-state index in [0.29, 0.717) is 5.69 Å². The number of nitrogens with zero attached hydrogens (tertiary/aromatic N) is 3. The highest BCUT2D eigenvalue weighted by Gasteiger charge is 2.23. The van der Waals surface area contributed by atoms with E-state index in [1.54, 1.807) is 24.3 Å². The summed E-state index contributed by atoms with van der Waals surface area (Å²) < 4.78 is 81.8. The van der Waals surface area contributed by atoms with Crippen LogP contribution in [0.15, 0.2) is 47.4 Å². The van der Waals surface area contributed by atoms with Gasteiger partial charge in [-0.25, -0.2) is 4.99 Å². The number of amidine groups is 1. The zero-order chi connectivity index (χ0) is 24.5. The summed E-state index contributed by atoms with van der Waals surface area (Å²) in [6, 6.07) is 5.45. The molecule has 4 rings (SSSR count). The molecule has 0 saturated carbocycles. The van der Waals surface area contributed by atoms with Crippen molar-refractivity contribution in [2.75, 3.05) is 38.4 Å². The van der Waals surface area contributed by atoms with Crippen molar-refractivity contribution in [2.24, 2.45) is 4.99 Å². The number of rotatable bonds is 0. The molecule has 1 fully saturated rings. The molecule has 1 N–H and O–H groups in total. The first kappa shape index (κ1) is 7.24. The Morgan fingerprint density at radius 2 is 2.09 bits per heavy atom. The lowest BCUT2D eigenvalue weighted by molar-refractivity contribution is 0.216. The van der Waals surface area contributed by atoms with E-state index in [1.807, 2.05) is 0 Å². The SMILES string of the molecule is [2H]c1c([2H])c2c(c([2H])c1Cl)N=C(N1C([2H])([2H])CN(C([2H])([2H])[2H])CC1([2H])[2H])c1ccccc1N2. The summed E-state index contributed by atoms with van der Waals surface area (Å²) in [6.07, 6.45) is 0. The van der Waals surface area contributed by atoms with Gasteiger partial charge in [-0.2, -0.15) is 0 Å². The minimum Gasteiger partial charge on any atom is -0.353 e. The number of halogens is 1. The Kier molecular flexibility index (Phi) is 1.85. The van der Waals surface area contributed by atoms with Crippen LogP contribution in [-0.2, 0) is 0 Å². The normalized spacial score (nSPS) is 28.9. The fourth-order valence-corrected chi connectivity index (χ4v) is 2.52. The molecule has 1 saturated heterocycles. The van der Waals surface area contributed by atoms with E-state index in [1.165, 1.54) is 0 Å². The van der Waals surface area contributed by atoms with Crippen LogP contribution in [0.1, 0.15) is 19.3 Å². The van der Waals surface area contributed by atoms with Gasteiger partial charge in [0, 0.05) is 46.5 Å². The standard InChI is InChI=1S/C18H19ClN4/c1-22-8-10-23(11-9-22)18-14-4-2-3-5-15(14)20-16-7-6-13(19)12-17(16)21-18/h2-7,12,20H,8-11H2,1H3/i1D3,6D,7D,10D2,11D2,12D. The second-order valence-corrected chi connectivity index (χ2v) is 5.40. The summed E-state index contributed by atoms with van der Waals surface area (Å²) in [4.78, 5) is 5.96. The minimum absolute atomic E-state index is 0.0131. The lowest BCUT2D eigenvalue weighted by Crippen LogP contribution is -2.47. The molecule has 0 amide bonds. The number of nitrogens with one attached hydrogen (secondary N) is 1. The van der Waals surface area contributed by atoms with Crippen LogP contribution in [0.25, 0.3) is 0 Å². The molecule has 2 aliphatic heterocycles. The first-order chi connectivity index (χ1) is 15.1. The van der Waals surface area contributed by atoms with Crippen molar-refractivity contribution in [1.82, 2.24) is 9.80 Å². The quantitative estimate of drug-likeness (QED) is 0.795. The molecule has 5 heteroatoms. The molecule has 0 bridgehead atoms. The van der Waals surface area contributed by atoms with E-state index in [-0.39, 0.29) is 45.9 Å². The predicted octanol–water partition coefficient (Wildman–Crippen LogP) is 3.72. The highest BCUT2D eigenvalue weighted by Crippen LogP contribution is 2.36. The molecular weight excluding hydrogens is 308 g/mol. The molecule has 0 aliphatic carbocycles. The highest BCUT2D eigenvalue weighted by molar-refractivity contribution is 6.31. The molecule has 4 nitrogen and oxygen atoms in total. The molecule has 0 aromatic heterocycles. The summed E-state index contributed by atoms with van der Waals surface area (Å²) in [7, 11) is 0. The fraction of sp³-hybridized carbons (Fsp3) is 0.278. The number of benzene rings is 2. The van der Waals surface area contributed by atoms with Crippen LogP contribution in [0.5, 0.6) is 0 Å². The van der Waals surface area contributed by atoms with Crippen molar-refractivity contribution < 1.29 is 13.7 Å². The summed E-state index contributed by atoms with van der Waals surface area (Å²) in [6.45, 7) is -8.94. The Morgan fingerprint density at radius 1 is 1.26 bits per heavy atom. The van der Waals surface area contributed by atoms with Crippen molar-refractivity contribution in [3.8, 4) is 0 Å². The number of fused-ring (bicyclic) bond motifs is 2. The molecule has 23 heavy (non-hydrogen) atoms. The Balaban J connectivity index is 1.99. The Morgan fingerprint density at radius 3 is 2.91 bits per heavy atom. The number of piperazine rings is 1. The Bertz CT molecular complexity index is 1150. The van der Waals surface area contributed by atoms with Gasteiger partial charge in [-0.05, 0) is 37.2 Å².